The molecule has 10 nitrogen and oxygen atoms in total. The fourth-order valence-electron chi connectivity index (χ4n) is 3.81. The SMILES string of the molecule is CCn1cc(Br)c(-c2ccnc3cc(C(=O)Nc4c(C(N)=O)sc5nc(C(F)F)cc(C)c45)nn23)n1. The average molecular weight is 575 g/mol. The predicted octanol–water partition coefficient (Wildman–Crippen LogP) is 4.58. The molecule has 0 aromatic carbocycles. The number of nitrogens with two attached hydrogens (primary N) is 1. The molecule has 0 fully saturated rings. The van der Waals surface area contributed by atoms with Crippen LogP contribution >= 0.6 is 27.3 Å². The Balaban J connectivity index is 1.57. The predicted molar refractivity (Wildman–Crippen MR) is 133 cm³/mol. The lowest BCUT2D eigenvalue weighted by Crippen LogP contribution is -2.17. The molecule has 0 radical (unpaired) electrons. The Labute approximate surface area is 214 Å². The van der Waals surface area contributed by atoms with Crippen molar-refractivity contribution >= 4 is 60.6 Å². The second-order valence-corrected chi connectivity index (χ2v) is 9.63. The number of hydrogen-bond donors (Lipinski definition) is 2. The van der Waals surface area contributed by atoms with Crippen molar-refractivity contribution < 1.29 is 18.4 Å². The van der Waals surface area contributed by atoms with E-state index in [4.69, 9.17) is 5.73 Å². The molecule has 5 aromatic rings. The zero-order valence-electron chi connectivity index (χ0n) is 18.8. The van der Waals surface area contributed by atoms with Crippen LogP contribution in [0.1, 0.15) is 44.8 Å². The standard InChI is InChI=1S/C22H17BrF2N8O2S/c1-3-32-8-10(23)16(31-32)13-4-5-27-14-7-12(30-33(13)14)21(35)29-17-15-9(2)6-11(19(24)25)28-22(15)36-18(17)20(26)34/h4-8,19H,3H2,1-2H3,(H2,26,34)(H,29,35). The number of alkyl halides is 2. The van der Waals surface area contributed by atoms with Gasteiger partial charge in [-0.15, -0.1) is 11.3 Å². The molecule has 0 unspecified atom stereocenters. The van der Waals surface area contributed by atoms with Crippen molar-refractivity contribution in [2.45, 2.75) is 26.8 Å². The third-order valence-corrected chi connectivity index (χ3v) is 7.12. The van der Waals surface area contributed by atoms with Crippen LogP contribution in [0.5, 0.6) is 0 Å². The number of amides is 2. The number of anilines is 1. The molecule has 5 aromatic heterocycles. The normalized spacial score (nSPS) is 11.6. The molecule has 3 N–H and O–H groups in total. The second kappa shape index (κ2) is 9.02. The number of fused-ring (bicyclic) bond motifs is 2. The average Bonchev–Trinajstić information content (AvgIpc) is 3.53. The molecule has 5 rings (SSSR count). The number of nitrogens with zero attached hydrogens (tertiary/aromatic N) is 6. The van der Waals surface area contributed by atoms with Crippen molar-refractivity contribution in [2.75, 3.05) is 5.32 Å². The Morgan fingerprint density at radius 2 is 2.06 bits per heavy atom. The summed E-state index contributed by atoms with van der Waals surface area (Å²) >= 11 is 4.34. The van der Waals surface area contributed by atoms with E-state index in [1.165, 1.54) is 16.6 Å². The number of aromatic nitrogens is 6. The molecule has 0 saturated carbocycles. The highest BCUT2D eigenvalue weighted by Gasteiger charge is 2.25. The van der Waals surface area contributed by atoms with Gasteiger partial charge in [0, 0.05) is 30.4 Å². The van der Waals surface area contributed by atoms with Gasteiger partial charge in [0.25, 0.3) is 18.2 Å². The number of hydrogen-bond acceptors (Lipinski definition) is 7. The third-order valence-electron chi connectivity index (χ3n) is 5.44. The molecule has 5 heterocycles. The lowest BCUT2D eigenvalue weighted by Gasteiger charge is -2.07. The van der Waals surface area contributed by atoms with Gasteiger partial charge in [0.05, 0.1) is 15.9 Å². The summed E-state index contributed by atoms with van der Waals surface area (Å²) in [6.07, 6.45) is 0.633. The van der Waals surface area contributed by atoms with E-state index in [1.807, 2.05) is 13.1 Å². The number of nitrogens with one attached hydrogen (secondary N) is 1. The molecular weight excluding hydrogens is 558 g/mol. The largest absolute Gasteiger partial charge is 0.365 e. The molecule has 0 aliphatic rings. The van der Waals surface area contributed by atoms with Crippen LogP contribution in [0.4, 0.5) is 14.5 Å². The van der Waals surface area contributed by atoms with Crippen molar-refractivity contribution in [3.8, 4) is 11.4 Å². The molecule has 0 saturated heterocycles. The highest BCUT2D eigenvalue weighted by atomic mass is 79.9. The molecular formula is C22H17BrF2N8O2S. The van der Waals surface area contributed by atoms with Crippen LogP contribution < -0.4 is 11.1 Å². The van der Waals surface area contributed by atoms with Crippen LogP contribution in [0.2, 0.25) is 0 Å². The van der Waals surface area contributed by atoms with E-state index in [9.17, 15) is 18.4 Å². The van der Waals surface area contributed by atoms with E-state index in [0.29, 0.717) is 34.5 Å². The Morgan fingerprint density at radius 1 is 1.28 bits per heavy atom. The summed E-state index contributed by atoms with van der Waals surface area (Å²) in [5, 5.41) is 12.0. The number of rotatable bonds is 6. The van der Waals surface area contributed by atoms with Gasteiger partial charge >= 0.3 is 0 Å². The summed E-state index contributed by atoms with van der Waals surface area (Å²) in [6.45, 7) is 4.22. The molecule has 0 bridgehead atoms. The maximum Gasteiger partial charge on any atom is 0.280 e. The van der Waals surface area contributed by atoms with Gasteiger partial charge < -0.3 is 11.1 Å². The van der Waals surface area contributed by atoms with E-state index in [-0.39, 0.29) is 21.1 Å². The lowest BCUT2D eigenvalue weighted by atomic mass is 10.1. The molecule has 36 heavy (non-hydrogen) atoms. The summed E-state index contributed by atoms with van der Waals surface area (Å²) in [4.78, 5) is 33.7. The van der Waals surface area contributed by atoms with E-state index in [1.54, 1.807) is 23.9 Å². The third kappa shape index (κ3) is 4.01. The first-order chi connectivity index (χ1) is 17.2. The molecule has 184 valence electrons. The number of thiophene rings is 1. The topological polar surface area (TPSA) is 133 Å². The molecule has 0 atom stereocenters. The quantitative estimate of drug-likeness (QED) is 0.305. The zero-order valence-corrected chi connectivity index (χ0v) is 21.2. The van der Waals surface area contributed by atoms with Gasteiger partial charge in [0.1, 0.15) is 21.1 Å². The molecule has 14 heteroatoms. The van der Waals surface area contributed by atoms with Crippen LogP contribution in [0.3, 0.4) is 0 Å². The summed E-state index contributed by atoms with van der Waals surface area (Å²) in [5.74, 6) is -1.45. The maximum atomic E-state index is 13.2. The Hall–Kier alpha value is -3.78. The maximum absolute atomic E-state index is 13.2. The van der Waals surface area contributed by atoms with Gasteiger partial charge in [0.15, 0.2) is 11.3 Å². The van der Waals surface area contributed by atoms with Crippen molar-refractivity contribution in [1.29, 1.82) is 0 Å². The van der Waals surface area contributed by atoms with Crippen LogP contribution in [0.25, 0.3) is 27.3 Å². The van der Waals surface area contributed by atoms with E-state index < -0.39 is 23.9 Å². The number of pyridine rings is 1. The summed E-state index contributed by atoms with van der Waals surface area (Å²) < 4.78 is 30.5. The van der Waals surface area contributed by atoms with E-state index in [0.717, 1.165) is 15.8 Å². The summed E-state index contributed by atoms with van der Waals surface area (Å²) in [6, 6.07) is 4.43. The van der Waals surface area contributed by atoms with Crippen molar-refractivity contribution in [3.63, 3.8) is 0 Å². The van der Waals surface area contributed by atoms with Gasteiger partial charge in [-0.2, -0.15) is 10.2 Å². The number of carbonyl (C=O) groups is 2. The monoisotopic (exact) mass is 574 g/mol. The fourth-order valence-corrected chi connectivity index (χ4v) is 5.39. The van der Waals surface area contributed by atoms with Gasteiger partial charge in [0.2, 0.25) is 0 Å². The van der Waals surface area contributed by atoms with E-state index in [2.05, 4.69) is 41.4 Å². The molecule has 2 amide bonds. The number of aryl methyl sites for hydroxylation is 2. The number of halogens is 3. The number of carbonyl (C=O) groups excluding carboxylic acids is 2. The minimum atomic E-state index is -2.78. The second-order valence-electron chi connectivity index (χ2n) is 7.78. The summed E-state index contributed by atoms with van der Waals surface area (Å²) in [5.41, 5.74) is 7.27. The first kappa shape index (κ1) is 23.9. The lowest BCUT2D eigenvalue weighted by molar-refractivity contribution is 0.100. The van der Waals surface area contributed by atoms with Crippen molar-refractivity contribution in [1.82, 2.24) is 29.4 Å². The van der Waals surface area contributed by atoms with Crippen LogP contribution in [-0.4, -0.2) is 41.2 Å². The van der Waals surface area contributed by atoms with Crippen molar-refractivity contribution in [2.24, 2.45) is 5.73 Å². The smallest absolute Gasteiger partial charge is 0.280 e. The number of primary amides is 1. The van der Waals surface area contributed by atoms with Crippen LogP contribution in [0.15, 0.2) is 35.1 Å². The Bertz CT molecular complexity index is 1680. The zero-order chi connectivity index (χ0) is 25.7. The van der Waals surface area contributed by atoms with E-state index >= 15 is 0 Å². The highest BCUT2D eigenvalue weighted by molar-refractivity contribution is 9.10. The highest BCUT2D eigenvalue weighted by Crippen LogP contribution is 2.38. The first-order valence-electron chi connectivity index (χ1n) is 10.6. The Kier molecular flexibility index (Phi) is 6.00. The van der Waals surface area contributed by atoms with Gasteiger partial charge in [-0.1, -0.05) is 0 Å². The summed E-state index contributed by atoms with van der Waals surface area (Å²) in [7, 11) is 0. The van der Waals surface area contributed by atoms with Crippen molar-refractivity contribution in [3.05, 3.63) is 56.9 Å². The van der Waals surface area contributed by atoms with Gasteiger partial charge in [-0.05, 0) is 47.5 Å². The molecule has 0 spiro atoms. The minimum Gasteiger partial charge on any atom is -0.365 e. The van der Waals surface area contributed by atoms with Crippen LogP contribution in [0, 0.1) is 6.92 Å². The van der Waals surface area contributed by atoms with Gasteiger partial charge in [-0.3, -0.25) is 14.3 Å². The van der Waals surface area contributed by atoms with Crippen LogP contribution in [-0.2, 0) is 6.54 Å². The fraction of sp³-hybridized carbons (Fsp3) is 0.182. The van der Waals surface area contributed by atoms with Gasteiger partial charge in [-0.25, -0.2) is 23.3 Å². The molecule has 0 aliphatic carbocycles. The minimum absolute atomic E-state index is 0.00280. The first-order valence-corrected chi connectivity index (χ1v) is 12.2. The molecule has 0 aliphatic heterocycles. The Morgan fingerprint density at radius 3 is 2.72 bits per heavy atom.